The zero-order valence-electron chi connectivity index (χ0n) is 10.7. The molecular formula is C14H12ClNO4. The smallest absolute Gasteiger partial charge is 0.269 e. The maximum atomic E-state index is 10.7. The number of nitrogens with zero attached hydrogens (tertiary/aromatic N) is 1. The first-order chi connectivity index (χ1) is 9.61. The van der Waals surface area contributed by atoms with Crippen molar-refractivity contribution in [1.29, 1.82) is 0 Å². The lowest BCUT2D eigenvalue weighted by Gasteiger charge is -2.11. The first kappa shape index (κ1) is 14.1. The Hall–Kier alpha value is -2.27. The maximum Gasteiger partial charge on any atom is 0.269 e. The van der Waals surface area contributed by atoms with Gasteiger partial charge in [-0.15, -0.1) is 0 Å². The maximum absolute atomic E-state index is 10.7. The van der Waals surface area contributed by atoms with Crippen LogP contribution in [0.4, 0.5) is 5.69 Å². The summed E-state index contributed by atoms with van der Waals surface area (Å²) in [6, 6.07) is 11.4. The molecule has 0 bridgehead atoms. The Labute approximate surface area is 120 Å². The van der Waals surface area contributed by atoms with Crippen molar-refractivity contribution < 1.29 is 14.4 Å². The third kappa shape index (κ3) is 3.19. The van der Waals surface area contributed by atoms with Gasteiger partial charge in [0.25, 0.3) is 5.69 Å². The molecule has 0 unspecified atom stereocenters. The molecule has 5 nitrogen and oxygen atoms in total. The van der Waals surface area contributed by atoms with Crippen molar-refractivity contribution >= 4 is 17.3 Å². The van der Waals surface area contributed by atoms with Gasteiger partial charge in [-0.05, 0) is 18.2 Å². The number of methoxy groups -OCH3 is 1. The van der Waals surface area contributed by atoms with Crippen LogP contribution in [0.15, 0.2) is 42.5 Å². The molecule has 0 spiro atoms. The summed E-state index contributed by atoms with van der Waals surface area (Å²) in [5.41, 5.74) is 0.528. The second-order valence-corrected chi connectivity index (χ2v) is 4.38. The van der Waals surface area contributed by atoms with Crippen LogP contribution >= 0.6 is 11.6 Å². The van der Waals surface area contributed by atoms with E-state index in [0.717, 1.165) is 0 Å². The molecule has 0 saturated heterocycles. The van der Waals surface area contributed by atoms with Gasteiger partial charge in [-0.1, -0.05) is 23.7 Å². The van der Waals surface area contributed by atoms with Gasteiger partial charge in [-0.2, -0.15) is 0 Å². The molecule has 0 N–H and O–H groups in total. The monoisotopic (exact) mass is 293 g/mol. The van der Waals surface area contributed by atoms with Crippen molar-refractivity contribution in [1.82, 2.24) is 0 Å². The highest BCUT2D eigenvalue weighted by Crippen LogP contribution is 2.28. The largest absolute Gasteiger partial charge is 0.493 e. The third-order valence-electron chi connectivity index (χ3n) is 2.69. The van der Waals surface area contributed by atoms with Crippen LogP contribution < -0.4 is 9.47 Å². The fourth-order valence-electron chi connectivity index (χ4n) is 1.68. The lowest BCUT2D eigenvalue weighted by molar-refractivity contribution is -0.384. The van der Waals surface area contributed by atoms with E-state index in [9.17, 15) is 10.1 Å². The summed E-state index contributed by atoms with van der Waals surface area (Å²) < 4.78 is 10.8. The Morgan fingerprint density at radius 3 is 2.55 bits per heavy atom. The van der Waals surface area contributed by atoms with E-state index >= 15 is 0 Å². The van der Waals surface area contributed by atoms with E-state index in [-0.39, 0.29) is 12.3 Å². The molecular weight excluding hydrogens is 282 g/mol. The van der Waals surface area contributed by atoms with E-state index in [2.05, 4.69) is 0 Å². The number of halogens is 1. The van der Waals surface area contributed by atoms with E-state index < -0.39 is 4.92 Å². The van der Waals surface area contributed by atoms with Crippen molar-refractivity contribution in [2.24, 2.45) is 0 Å². The minimum atomic E-state index is -0.469. The zero-order valence-corrected chi connectivity index (χ0v) is 11.5. The van der Waals surface area contributed by atoms with E-state index in [0.29, 0.717) is 22.1 Å². The number of benzene rings is 2. The lowest BCUT2D eigenvalue weighted by Crippen LogP contribution is -1.99. The molecule has 0 fully saturated rings. The summed E-state index contributed by atoms with van der Waals surface area (Å²) in [4.78, 5) is 10.3. The van der Waals surface area contributed by atoms with Gasteiger partial charge in [0.2, 0.25) is 0 Å². The number of ether oxygens (including phenoxy) is 2. The Bertz CT molecular complexity index is 630. The Balaban J connectivity index is 2.18. The van der Waals surface area contributed by atoms with Crippen molar-refractivity contribution in [3.8, 4) is 11.5 Å². The van der Waals surface area contributed by atoms with Crippen LogP contribution in [-0.4, -0.2) is 12.0 Å². The fourth-order valence-corrected chi connectivity index (χ4v) is 1.85. The number of para-hydroxylation sites is 2. The summed E-state index contributed by atoms with van der Waals surface area (Å²) in [6.45, 7) is 0.126. The molecule has 0 aliphatic rings. The highest BCUT2D eigenvalue weighted by atomic mass is 35.5. The summed E-state index contributed by atoms with van der Waals surface area (Å²) in [5.74, 6) is 1.15. The molecule has 20 heavy (non-hydrogen) atoms. The average Bonchev–Trinajstić information content (AvgIpc) is 2.46. The van der Waals surface area contributed by atoms with E-state index in [4.69, 9.17) is 21.1 Å². The SMILES string of the molecule is COc1ccccc1OCc1cc([N+](=O)[O-])ccc1Cl. The summed E-state index contributed by atoms with van der Waals surface area (Å²) >= 11 is 6.01. The van der Waals surface area contributed by atoms with E-state index in [1.54, 1.807) is 19.2 Å². The minimum absolute atomic E-state index is 0.0203. The Morgan fingerprint density at radius 1 is 1.20 bits per heavy atom. The van der Waals surface area contributed by atoms with Crippen molar-refractivity contribution in [2.45, 2.75) is 6.61 Å². The summed E-state index contributed by atoms with van der Waals surface area (Å²) in [7, 11) is 1.54. The molecule has 6 heteroatoms. The molecule has 0 radical (unpaired) electrons. The number of hydrogen-bond acceptors (Lipinski definition) is 4. The molecule has 2 aromatic carbocycles. The number of nitro groups is 1. The normalized spacial score (nSPS) is 10.1. The predicted molar refractivity (Wildman–Crippen MR) is 75.4 cm³/mol. The number of hydrogen-bond donors (Lipinski definition) is 0. The minimum Gasteiger partial charge on any atom is -0.493 e. The molecule has 0 aliphatic carbocycles. The molecule has 2 rings (SSSR count). The Kier molecular flexibility index (Phi) is 4.42. The van der Waals surface area contributed by atoms with Gasteiger partial charge in [0, 0.05) is 22.7 Å². The number of nitro benzene ring substituents is 1. The highest BCUT2D eigenvalue weighted by molar-refractivity contribution is 6.31. The van der Waals surface area contributed by atoms with Gasteiger partial charge in [0.05, 0.1) is 12.0 Å². The lowest BCUT2D eigenvalue weighted by atomic mass is 10.2. The van der Waals surface area contributed by atoms with E-state index in [1.165, 1.54) is 18.2 Å². The second-order valence-electron chi connectivity index (χ2n) is 3.97. The van der Waals surface area contributed by atoms with Gasteiger partial charge < -0.3 is 9.47 Å². The van der Waals surface area contributed by atoms with Crippen LogP contribution in [0.1, 0.15) is 5.56 Å². The molecule has 0 amide bonds. The van der Waals surface area contributed by atoms with Crippen LogP contribution in [0, 0.1) is 10.1 Å². The average molecular weight is 294 g/mol. The fraction of sp³-hybridized carbons (Fsp3) is 0.143. The quantitative estimate of drug-likeness (QED) is 0.621. The van der Waals surface area contributed by atoms with Crippen LogP contribution in [-0.2, 0) is 6.61 Å². The van der Waals surface area contributed by atoms with Crippen LogP contribution in [0.5, 0.6) is 11.5 Å². The second kappa shape index (κ2) is 6.25. The molecule has 2 aromatic rings. The standard InChI is InChI=1S/C14H12ClNO4/c1-19-13-4-2-3-5-14(13)20-9-10-8-11(16(17)18)6-7-12(10)15/h2-8H,9H2,1H3. The van der Waals surface area contributed by atoms with Crippen LogP contribution in [0.25, 0.3) is 0 Å². The van der Waals surface area contributed by atoms with Crippen molar-refractivity contribution in [3.05, 3.63) is 63.2 Å². The van der Waals surface area contributed by atoms with Crippen LogP contribution in [0.2, 0.25) is 5.02 Å². The molecule has 0 aromatic heterocycles. The van der Waals surface area contributed by atoms with Gasteiger partial charge in [-0.3, -0.25) is 10.1 Å². The first-order valence-electron chi connectivity index (χ1n) is 5.80. The van der Waals surface area contributed by atoms with Gasteiger partial charge >= 0.3 is 0 Å². The number of non-ortho nitro benzene ring substituents is 1. The van der Waals surface area contributed by atoms with Crippen molar-refractivity contribution in [2.75, 3.05) is 7.11 Å². The van der Waals surface area contributed by atoms with Gasteiger partial charge in [0.15, 0.2) is 11.5 Å². The topological polar surface area (TPSA) is 61.6 Å². The third-order valence-corrected chi connectivity index (χ3v) is 3.06. The predicted octanol–water partition coefficient (Wildman–Crippen LogP) is 3.84. The highest BCUT2D eigenvalue weighted by Gasteiger charge is 2.11. The molecule has 0 heterocycles. The summed E-state index contributed by atoms with van der Waals surface area (Å²) in [5, 5.41) is 11.2. The summed E-state index contributed by atoms with van der Waals surface area (Å²) in [6.07, 6.45) is 0. The van der Waals surface area contributed by atoms with E-state index in [1.807, 2.05) is 12.1 Å². The molecule has 0 atom stereocenters. The molecule has 0 saturated carbocycles. The zero-order chi connectivity index (χ0) is 14.5. The van der Waals surface area contributed by atoms with Crippen LogP contribution in [0.3, 0.4) is 0 Å². The number of rotatable bonds is 5. The van der Waals surface area contributed by atoms with Gasteiger partial charge in [0.1, 0.15) is 6.61 Å². The van der Waals surface area contributed by atoms with Gasteiger partial charge in [-0.25, -0.2) is 0 Å². The Morgan fingerprint density at radius 2 is 1.90 bits per heavy atom. The first-order valence-corrected chi connectivity index (χ1v) is 6.18. The molecule has 0 aliphatic heterocycles. The molecule has 104 valence electrons. The van der Waals surface area contributed by atoms with Crippen molar-refractivity contribution in [3.63, 3.8) is 0 Å².